The zero-order chi connectivity index (χ0) is 17.8. The van der Waals surface area contributed by atoms with Crippen LogP contribution in [0, 0.1) is 5.92 Å². The Balaban J connectivity index is 1.57. The van der Waals surface area contributed by atoms with Crippen molar-refractivity contribution in [1.29, 1.82) is 0 Å². The van der Waals surface area contributed by atoms with Crippen molar-refractivity contribution in [3.8, 4) is 0 Å². The quantitative estimate of drug-likeness (QED) is 0.909. The van der Waals surface area contributed by atoms with Crippen LogP contribution in [0.15, 0.2) is 18.2 Å². The average Bonchev–Trinajstić information content (AvgIpc) is 2.60. The van der Waals surface area contributed by atoms with Gasteiger partial charge < -0.3 is 15.0 Å². The normalized spacial score (nSPS) is 23.0. The van der Waals surface area contributed by atoms with Gasteiger partial charge in [0.2, 0.25) is 11.8 Å². The SMILES string of the molecule is CC(=O)N1CCCc2cc(NC(=O)CO[C@@H]3CCCC[C@@H]3C)ccc21. The fourth-order valence-electron chi connectivity index (χ4n) is 3.91. The summed E-state index contributed by atoms with van der Waals surface area (Å²) < 4.78 is 5.83. The molecule has 1 saturated carbocycles. The molecular weight excluding hydrogens is 316 g/mol. The van der Waals surface area contributed by atoms with E-state index in [1.54, 1.807) is 11.8 Å². The molecule has 2 atom stereocenters. The minimum atomic E-state index is -0.114. The van der Waals surface area contributed by atoms with E-state index in [1.165, 1.54) is 19.3 Å². The summed E-state index contributed by atoms with van der Waals surface area (Å²) in [5.74, 6) is 0.479. The van der Waals surface area contributed by atoms with E-state index in [0.29, 0.717) is 5.92 Å². The van der Waals surface area contributed by atoms with E-state index in [1.807, 2.05) is 18.2 Å². The maximum atomic E-state index is 12.2. The largest absolute Gasteiger partial charge is 0.368 e. The van der Waals surface area contributed by atoms with Crippen LogP contribution in [0.4, 0.5) is 11.4 Å². The lowest BCUT2D eigenvalue weighted by Gasteiger charge is -2.29. The van der Waals surface area contributed by atoms with Crippen molar-refractivity contribution in [2.24, 2.45) is 5.92 Å². The molecule has 136 valence electrons. The molecule has 0 radical (unpaired) electrons. The van der Waals surface area contributed by atoms with Gasteiger partial charge in [0.05, 0.1) is 6.10 Å². The molecule has 0 unspecified atom stereocenters. The summed E-state index contributed by atoms with van der Waals surface area (Å²) in [6, 6.07) is 5.77. The predicted molar refractivity (Wildman–Crippen MR) is 98.8 cm³/mol. The highest BCUT2D eigenvalue weighted by Crippen LogP contribution is 2.30. The van der Waals surface area contributed by atoms with Crippen molar-refractivity contribution in [2.45, 2.75) is 58.5 Å². The van der Waals surface area contributed by atoms with Gasteiger partial charge in [-0.3, -0.25) is 9.59 Å². The smallest absolute Gasteiger partial charge is 0.250 e. The first kappa shape index (κ1) is 17.9. The summed E-state index contributed by atoms with van der Waals surface area (Å²) in [6.07, 6.45) is 6.77. The third kappa shape index (κ3) is 4.40. The average molecular weight is 344 g/mol. The Bertz CT molecular complexity index is 644. The van der Waals surface area contributed by atoms with Crippen molar-refractivity contribution in [3.63, 3.8) is 0 Å². The second kappa shape index (κ2) is 8.00. The molecule has 5 heteroatoms. The van der Waals surface area contributed by atoms with Gasteiger partial charge in [-0.15, -0.1) is 0 Å². The molecule has 1 aromatic rings. The number of rotatable bonds is 4. The fraction of sp³-hybridized carbons (Fsp3) is 0.600. The van der Waals surface area contributed by atoms with Crippen molar-refractivity contribution in [2.75, 3.05) is 23.4 Å². The molecule has 0 aromatic heterocycles. The van der Waals surface area contributed by atoms with Gasteiger partial charge in [0.15, 0.2) is 0 Å². The number of carbonyl (C=O) groups is 2. The third-order valence-corrected chi connectivity index (χ3v) is 5.32. The second-order valence-corrected chi connectivity index (χ2v) is 7.28. The number of hydrogen-bond donors (Lipinski definition) is 1. The van der Waals surface area contributed by atoms with Gasteiger partial charge in [-0.1, -0.05) is 19.8 Å². The van der Waals surface area contributed by atoms with Crippen LogP contribution < -0.4 is 10.2 Å². The molecule has 1 aliphatic carbocycles. The highest BCUT2D eigenvalue weighted by Gasteiger charge is 2.23. The molecule has 2 amide bonds. The van der Waals surface area contributed by atoms with E-state index < -0.39 is 0 Å². The van der Waals surface area contributed by atoms with Crippen LogP contribution in [0.25, 0.3) is 0 Å². The molecule has 0 spiro atoms. The molecular formula is C20H28N2O3. The summed E-state index contributed by atoms with van der Waals surface area (Å²) in [6.45, 7) is 4.66. The lowest BCUT2D eigenvalue weighted by Crippen LogP contribution is -2.33. The molecule has 0 bridgehead atoms. The summed E-state index contributed by atoms with van der Waals surface area (Å²) in [7, 11) is 0. The first-order valence-corrected chi connectivity index (χ1v) is 9.37. The molecule has 0 saturated heterocycles. The molecule has 1 fully saturated rings. The van der Waals surface area contributed by atoms with Gasteiger partial charge in [0.1, 0.15) is 6.61 Å². The molecule has 1 aromatic carbocycles. The maximum absolute atomic E-state index is 12.2. The van der Waals surface area contributed by atoms with Crippen LogP contribution in [0.1, 0.15) is 51.5 Å². The van der Waals surface area contributed by atoms with Crippen LogP contribution in [0.2, 0.25) is 0 Å². The number of hydrogen-bond acceptors (Lipinski definition) is 3. The zero-order valence-electron chi connectivity index (χ0n) is 15.2. The van der Waals surface area contributed by atoms with Crippen molar-refractivity contribution < 1.29 is 14.3 Å². The fourth-order valence-corrected chi connectivity index (χ4v) is 3.91. The first-order chi connectivity index (χ1) is 12.0. The minimum absolute atomic E-state index is 0.0627. The third-order valence-electron chi connectivity index (χ3n) is 5.32. The van der Waals surface area contributed by atoms with Crippen LogP contribution in [0.3, 0.4) is 0 Å². The monoisotopic (exact) mass is 344 g/mol. The Morgan fingerprint density at radius 2 is 2.04 bits per heavy atom. The van der Waals surface area contributed by atoms with Gasteiger partial charge in [-0.05, 0) is 55.4 Å². The second-order valence-electron chi connectivity index (χ2n) is 7.28. The minimum Gasteiger partial charge on any atom is -0.368 e. The van der Waals surface area contributed by atoms with Crippen LogP contribution in [-0.2, 0) is 20.7 Å². The summed E-state index contributed by atoms with van der Waals surface area (Å²) in [5.41, 5.74) is 2.85. The molecule has 5 nitrogen and oxygen atoms in total. The van der Waals surface area contributed by atoms with Gasteiger partial charge >= 0.3 is 0 Å². The van der Waals surface area contributed by atoms with Gasteiger partial charge in [-0.2, -0.15) is 0 Å². The Morgan fingerprint density at radius 3 is 2.80 bits per heavy atom. The van der Waals surface area contributed by atoms with Crippen LogP contribution >= 0.6 is 0 Å². The molecule has 3 rings (SSSR count). The highest BCUT2D eigenvalue weighted by molar-refractivity contribution is 5.95. The van der Waals surface area contributed by atoms with E-state index in [4.69, 9.17) is 4.74 Å². The Kier molecular flexibility index (Phi) is 5.74. The molecule has 1 heterocycles. The maximum Gasteiger partial charge on any atom is 0.250 e. The number of fused-ring (bicyclic) bond motifs is 1. The van der Waals surface area contributed by atoms with E-state index in [2.05, 4.69) is 12.2 Å². The topological polar surface area (TPSA) is 58.6 Å². The van der Waals surface area contributed by atoms with Crippen LogP contribution in [-0.4, -0.2) is 31.1 Å². The number of nitrogens with zero attached hydrogens (tertiary/aromatic N) is 1. The number of benzene rings is 1. The number of aryl methyl sites for hydroxylation is 1. The van der Waals surface area contributed by atoms with Gasteiger partial charge in [-0.25, -0.2) is 0 Å². The lowest BCUT2D eigenvalue weighted by atomic mass is 9.88. The molecule has 2 aliphatic rings. The standard InChI is InChI=1S/C20H28N2O3/c1-14-6-3-4-8-19(14)25-13-20(24)21-17-9-10-18-16(12-17)7-5-11-22(18)15(2)23/h9-10,12,14,19H,3-8,11,13H2,1-2H3,(H,21,24)/t14-,19+/m0/s1. The summed E-state index contributed by atoms with van der Waals surface area (Å²) >= 11 is 0. The Hall–Kier alpha value is -1.88. The summed E-state index contributed by atoms with van der Waals surface area (Å²) in [4.78, 5) is 25.7. The van der Waals surface area contributed by atoms with E-state index in [9.17, 15) is 9.59 Å². The van der Waals surface area contributed by atoms with Crippen molar-refractivity contribution in [3.05, 3.63) is 23.8 Å². The van der Waals surface area contributed by atoms with Gasteiger partial charge in [0.25, 0.3) is 0 Å². The predicted octanol–water partition coefficient (Wildman–Crippen LogP) is 3.52. The number of carbonyl (C=O) groups excluding carboxylic acids is 2. The van der Waals surface area contributed by atoms with Crippen molar-refractivity contribution in [1.82, 2.24) is 0 Å². The van der Waals surface area contributed by atoms with E-state index in [0.717, 1.165) is 42.7 Å². The van der Waals surface area contributed by atoms with Crippen LogP contribution in [0.5, 0.6) is 0 Å². The molecule has 25 heavy (non-hydrogen) atoms. The number of nitrogens with one attached hydrogen (secondary N) is 1. The Labute approximate surface area is 149 Å². The first-order valence-electron chi connectivity index (χ1n) is 9.37. The van der Waals surface area contributed by atoms with E-state index >= 15 is 0 Å². The summed E-state index contributed by atoms with van der Waals surface area (Å²) in [5, 5.41) is 2.92. The lowest BCUT2D eigenvalue weighted by molar-refractivity contribution is -0.124. The number of ether oxygens (including phenoxy) is 1. The molecule has 1 aliphatic heterocycles. The van der Waals surface area contributed by atoms with E-state index in [-0.39, 0.29) is 24.5 Å². The zero-order valence-corrected chi connectivity index (χ0v) is 15.2. The number of anilines is 2. The van der Waals surface area contributed by atoms with Gasteiger partial charge in [0, 0.05) is 24.8 Å². The number of amides is 2. The Morgan fingerprint density at radius 1 is 1.24 bits per heavy atom. The highest BCUT2D eigenvalue weighted by atomic mass is 16.5. The van der Waals surface area contributed by atoms with Crippen molar-refractivity contribution >= 4 is 23.2 Å². The molecule has 1 N–H and O–H groups in total.